The van der Waals surface area contributed by atoms with E-state index in [1.807, 2.05) is 0 Å². The van der Waals surface area contributed by atoms with E-state index in [1.165, 1.54) is 51.4 Å². The molecule has 0 aliphatic heterocycles. The Kier molecular flexibility index (Phi) is 20.3. The Balaban J connectivity index is 0. The zero-order chi connectivity index (χ0) is 9.78. The average Bonchev–Trinajstić information content (AvgIpc) is 2.16. The van der Waals surface area contributed by atoms with Crippen LogP contribution < -0.4 is 0 Å². The Labute approximate surface area is 119 Å². The molecule has 0 radical (unpaired) electrons. The molecule has 0 atom stereocenters. The Morgan fingerprint density at radius 3 is 1.64 bits per heavy atom. The fraction of sp³-hybridized carbons (Fsp3) is 0.917. The van der Waals surface area contributed by atoms with E-state index in [1.54, 1.807) is 0 Å². The second-order valence-electron chi connectivity index (χ2n) is 3.78. The van der Waals surface area contributed by atoms with Gasteiger partial charge in [0.25, 0.3) is 0 Å². The van der Waals surface area contributed by atoms with Crippen LogP contribution in [0, 0.1) is 0 Å². The van der Waals surface area contributed by atoms with Crippen molar-refractivity contribution in [1.82, 2.24) is 0 Å². The number of unbranched alkanes of at least 4 members (excludes halogenated alkanes) is 9. The summed E-state index contributed by atoms with van der Waals surface area (Å²) in [4.78, 5) is 10.0. The summed E-state index contributed by atoms with van der Waals surface area (Å²) in [7, 11) is 0. The van der Waals surface area contributed by atoms with Gasteiger partial charge in [-0.2, -0.15) is 0 Å². The van der Waals surface area contributed by atoms with Gasteiger partial charge in [-0.1, -0.05) is 58.3 Å². The number of aldehydes is 1. The van der Waals surface area contributed by atoms with Gasteiger partial charge >= 0.3 is 37.7 Å². The van der Waals surface area contributed by atoms with Crippen molar-refractivity contribution in [2.45, 2.75) is 71.1 Å². The number of rotatable bonds is 10. The van der Waals surface area contributed by atoms with Gasteiger partial charge in [0, 0.05) is 6.42 Å². The number of carbonyl (C=O) groups is 1. The normalized spacial score (nSPS) is 9.50. The zero-order valence-electron chi connectivity index (χ0n) is 9.06. The third kappa shape index (κ3) is 15.4. The minimum atomic E-state index is 0. The van der Waals surface area contributed by atoms with Crippen LogP contribution in [0.3, 0.4) is 0 Å². The summed E-state index contributed by atoms with van der Waals surface area (Å²) < 4.78 is 0. The van der Waals surface area contributed by atoms with Crippen molar-refractivity contribution in [1.29, 1.82) is 0 Å². The van der Waals surface area contributed by atoms with Crippen LogP contribution in [0.2, 0.25) is 0 Å². The van der Waals surface area contributed by atoms with E-state index >= 15 is 0 Å². The van der Waals surface area contributed by atoms with Gasteiger partial charge in [-0.3, -0.25) is 0 Å². The van der Waals surface area contributed by atoms with Gasteiger partial charge in [-0.15, -0.1) is 0 Å². The predicted octanol–water partition coefficient (Wildman–Crippen LogP) is 3.19. The van der Waals surface area contributed by atoms with Gasteiger partial charge in [-0.05, 0) is 6.42 Å². The summed E-state index contributed by atoms with van der Waals surface area (Å²) in [5, 5.41) is 0. The molecule has 1 nitrogen and oxygen atoms in total. The van der Waals surface area contributed by atoms with E-state index in [4.69, 9.17) is 0 Å². The molecule has 0 amide bonds. The quantitative estimate of drug-likeness (QED) is 0.318. The molecule has 0 heterocycles. The van der Waals surface area contributed by atoms with Crippen LogP contribution in [-0.4, -0.2) is 44.0 Å². The first-order valence-corrected chi connectivity index (χ1v) is 5.85. The molecule has 0 aliphatic rings. The molecular weight excluding hydrogens is 200 g/mol. The summed E-state index contributed by atoms with van der Waals surface area (Å²) in [6, 6.07) is 0. The minimum absolute atomic E-state index is 0. The third-order valence-electron chi connectivity index (χ3n) is 2.43. The zero-order valence-corrected chi connectivity index (χ0v) is 9.06. The van der Waals surface area contributed by atoms with Crippen molar-refractivity contribution >= 4 is 44.0 Å². The molecule has 14 heavy (non-hydrogen) atoms. The first kappa shape index (κ1) is 17.3. The Morgan fingerprint density at radius 1 is 0.786 bits per heavy atom. The van der Waals surface area contributed by atoms with Crippen molar-refractivity contribution < 1.29 is 4.79 Å². The van der Waals surface area contributed by atoms with Gasteiger partial charge in [-0.25, -0.2) is 0 Å². The molecule has 0 saturated heterocycles. The van der Waals surface area contributed by atoms with Crippen LogP contribution in [0.15, 0.2) is 0 Å². The molecule has 0 aromatic heterocycles. The molecule has 2 heteroatoms. The molecule has 0 aliphatic carbocycles. The van der Waals surface area contributed by atoms with Crippen molar-refractivity contribution in [2.24, 2.45) is 0 Å². The molecule has 82 valence electrons. The van der Waals surface area contributed by atoms with E-state index in [9.17, 15) is 4.79 Å². The summed E-state index contributed by atoms with van der Waals surface area (Å²) in [5.74, 6) is 0. The summed E-state index contributed by atoms with van der Waals surface area (Å²) in [5.41, 5.74) is 0. The van der Waals surface area contributed by atoms with Gasteiger partial charge in [0.1, 0.15) is 6.29 Å². The molecule has 0 fully saturated rings. The van der Waals surface area contributed by atoms with Crippen molar-refractivity contribution in [2.75, 3.05) is 0 Å². The topological polar surface area (TPSA) is 17.1 Å². The van der Waals surface area contributed by atoms with Gasteiger partial charge in [0.05, 0.1) is 0 Å². The first-order valence-electron chi connectivity index (χ1n) is 5.85. The summed E-state index contributed by atoms with van der Waals surface area (Å²) in [6.07, 6.45) is 13.7. The van der Waals surface area contributed by atoms with Gasteiger partial charge < -0.3 is 4.79 Å². The average molecular weight is 226 g/mol. The van der Waals surface area contributed by atoms with E-state index < -0.39 is 0 Å². The van der Waals surface area contributed by atoms with Crippen LogP contribution >= 0.6 is 0 Å². The van der Waals surface area contributed by atoms with Crippen LogP contribution in [0.4, 0.5) is 0 Å². The monoisotopic (exact) mass is 226 g/mol. The fourth-order valence-corrected chi connectivity index (χ4v) is 1.54. The number of carbonyl (C=O) groups excluding carboxylic acids is 1. The molecule has 0 aromatic carbocycles. The van der Waals surface area contributed by atoms with Crippen molar-refractivity contribution in [3.05, 3.63) is 0 Å². The molecule has 0 bridgehead atoms. The van der Waals surface area contributed by atoms with E-state index in [0.29, 0.717) is 0 Å². The first-order chi connectivity index (χ1) is 6.41. The molecular formula is C12H26CaO. The Hall–Kier alpha value is 0.930. The van der Waals surface area contributed by atoms with Crippen molar-refractivity contribution in [3.63, 3.8) is 0 Å². The van der Waals surface area contributed by atoms with Gasteiger partial charge in [0.15, 0.2) is 0 Å². The van der Waals surface area contributed by atoms with Gasteiger partial charge in [0.2, 0.25) is 0 Å². The maximum absolute atomic E-state index is 10.0. The molecule has 0 spiro atoms. The molecule has 0 unspecified atom stereocenters. The Morgan fingerprint density at radius 2 is 1.21 bits per heavy atom. The maximum atomic E-state index is 10.0. The molecule has 0 saturated carbocycles. The third-order valence-corrected chi connectivity index (χ3v) is 2.43. The van der Waals surface area contributed by atoms with Crippen LogP contribution in [-0.2, 0) is 4.79 Å². The van der Waals surface area contributed by atoms with Crippen molar-refractivity contribution in [3.8, 4) is 0 Å². The van der Waals surface area contributed by atoms with E-state index in [0.717, 1.165) is 19.1 Å². The molecule has 0 aromatic rings. The second kappa shape index (κ2) is 16.4. The van der Waals surface area contributed by atoms with Crippen LogP contribution in [0.1, 0.15) is 71.1 Å². The Bertz CT molecular complexity index is 104. The summed E-state index contributed by atoms with van der Waals surface area (Å²) in [6.45, 7) is 2.25. The fourth-order valence-electron chi connectivity index (χ4n) is 1.54. The predicted molar refractivity (Wildman–Crippen MR) is 66.5 cm³/mol. The van der Waals surface area contributed by atoms with Crippen LogP contribution in [0.25, 0.3) is 0 Å². The SMILES string of the molecule is CCCCCCCCCCCC=O.[CaH2]. The van der Waals surface area contributed by atoms with E-state index in [2.05, 4.69) is 6.92 Å². The molecule has 0 N–H and O–H groups in total. The van der Waals surface area contributed by atoms with E-state index in [-0.39, 0.29) is 37.7 Å². The summed E-state index contributed by atoms with van der Waals surface area (Å²) >= 11 is 0. The standard InChI is InChI=1S/C12H24O.Ca.2H/c1-2-3-4-5-6-7-8-9-10-11-12-13;;;/h12H,2-11H2,1H3;;;. The number of hydrogen-bond acceptors (Lipinski definition) is 1. The number of hydrogen-bond donors (Lipinski definition) is 0. The van der Waals surface area contributed by atoms with Crippen LogP contribution in [0.5, 0.6) is 0 Å². The second-order valence-corrected chi connectivity index (χ2v) is 3.78. The molecule has 0 rings (SSSR count).